The first-order valence-electron chi connectivity index (χ1n) is 10.1. The van der Waals surface area contributed by atoms with Gasteiger partial charge in [0, 0.05) is 46.3 Å². The predicted octanol–water partition coefficient (Wildman–Crippen LogP) is 3.48. The molecule has 0 bridgehead atoms. The van der Waals surface area contributed by atoms with Crippen LogP contribution in [0.25, 0.3) is 0 Å². The Balaban J connectivity index is 0.00000300. The van der Waals surface area contributed by atoms with E-state index in [1.807, 2.05) is 13.1 Å². The Hall–Kier alpha value is -1.64. The molecular weight excluding hydrogens is 473 g/mol. The molecule has 158 valence electrons. The number of hydrogen-bond donors (Lipinski definition) is 2. The third-order valence-corrected chi connectivity index (χ3v) is 5.36. The van der Waals surface area contributed by atoms with Gasteiger partial charge in [-0.1, -0.05) is 54.6 Å². The van der Waals surface area contributed by atoms with Gasteiger partial charge in [0.2, 0.25) is 0 Å². The highest BCUT2D eigenvalue weighted by atomic mass is 127. The molecule has 5 nitrogen and oxygen atoms in total. The van der Waals surface area contributed by atoms with E-state index in [-0.39, 0.29) is 30.0 Å². The van der Waals surface area contributed by atoms with Gasteiger partial charge in [-0.2, -0.15) is 0 Å². The molecule has 2 aromatic carbocycles. The minimum atomic E-state index is 0. The standard InChI is InChI=1S/C23H33N5.HI/c1-19(22-7-5-4-6-8-22)26-23(24-2)25-17-20-9-11-21(12-10-20)18-28-15-13-27(3)14-16-28;/h4-12,19H,13-18H2,1-3H3,(H2,24,25,26);1H. The number of aliphatic imine (C=N–C) groups is 1. The van der Waals surface area contributed by atoms with Crippen molar-refractivity contribution < 1.29 is 0 Å². The van der Waals surface area contributed by atoms with Crippen molar-refractivity contribution in [2.24, 2.45) is 4.99 Å². The zero-order chi connectivity index (χ0) is 19.8. The molecular formula is C23H34IN5. The van der Waals surface area contributed by atoms with Gasteiger partial charge in [0.1, 0.15) is 0 Å². The van der Waals surface area contributed by atoms with E-state index in [1.54, 1.807) is 0 Å². The van der Waals surface area contributed by atoms with Crippen LogP contribution in [0.15, 0.2) is 59.6 Å². The Kier molecular flexibility index (Phi) is 9.90. The summed E-state index contributed by atoms with van der Waals surface area (Å²) >= 11 is 0. The SMILES string of the molecule is CN=C(NCc1ccc(CN2CCN(C)CC2)cc1)NC(C)c1ccccc1.I. The second kappa shape index (κ2) is 12.1. The number of nitrogens with one attached hydrogen (secondary N) is 2. The summed E-state index contributed by atoms with van der Waals surface area (Å²) in [4.78, 5) is 9.28. The van der Waals surface area contributed by atoms with E-state index in [2.05, 4.69) is 87.9 Å². The van der Waals surface area contributed by atoms with E-state index in [4.69, 9.17) is 0 Å². The van der Waals surface area contributed by atoms with Crippen molar-refractivity contribution in [1.82, 2.24) is 20.4 Å². The van der Waals surface area contributed by atoms with Crippen molar-refractivity contribution in [3.05, 3.63) is 71.3 Å². The first kappa shape index (κ1) is 23.6. The molecule has 1 aliphatic heterocycles. The van der Waals surface area contributed by atoms with Gasteiger partial charge in [-0.05, 0) is 30.7 Å². The maximum absolute atomic E-state index is 4.35. The number of piperazine rings is 1. The third kappa shape index (κ3) is 7.60. The van der Waals surface area contributed by atoms with Gasteiger partial charge >= 0.3 is 0 Å². The van der Waals surface area contributed by atoms with Crippen LogP contribution in [-0.2, 0) is 13.1 Å². The van der Waals surface area contributed by atoms with Crippen LogP contribution in [0.4, 0.5) is 0 Å². The van der Waals surface area contributed by atoms with Crippen LogP contribution in [0.3, 0.4) is 0 Å². The first-order valence-corrected chi connectivity index (χ1v) is 10.1. The molecule has 0 saturated carbocycles. The largest absolute Gasteiger partial charge is 0.352 e. The molecule has 0 aromatic heterocycles. The molecule has 0 amide bonds. The van der Waals surface area contributed by atoms with Gasteiger partial charge in [0.25, 0.3) is 0 Å². The summed E-state index contributed by atoms with van der Waals surface area (Å²) in [6.07, 6.45) is 0. The summed E-state index contributed by atoms with van der Waals surface area (Å²) in [6.45, 7) is 8.58. The van der Waals surface area contributed by atoms with Crippen LogP contribution in [0.5, 0.6) is 0 Å². The van der Waals surface area contributed by atoms with E-state index in [0.29, 0.717) is 0 Å². The minimum Gasteiger partial charge on any atom is -0.352 e. The average molecular weight is 507 g/mol. The topological polar surface area (TPSA) is 42.9 Å². The Morgan fingerprint density at radius 3 is 2.21 bits per heavy atom. The van der Waals surface area contributed by atoms with Crippen LogP contribution < -0.4 is 10.6 Å². The van der Waals surface area contributed by atoms with Crippen molar-refractivity contribution in [3.63, 3.8) is 0 Å². The van der Waals surface area contributed by atoms with Gasteiger partial charge in [0.15, 0.2) is 5.96 Å². The van der Waals surface area contributed by atoms with Gasteiger partial charge in [-0.25, -0.2) is 0 Å². The molecule has 1 atom stereocenters. The van der Waals surface area contributed by atoms with Gasteiger partial charge in [0.05, 0.1) is 6.04 Å². The molecule has 1 saturated heterocycles. The lowest BCUT2D eigenvalue weighted by molar-refractivity contribution is 0.148. The summed E-state index contributed by atoms with van der Waals surface area (Å²) in [5.41, 5.74) is 3.89. The number of hydrogen-bond acceptors (Lipinski definition) is 3. The summed E-state index contributed by atoms with van der Waals surface area (Å²) in [5, 5.41) is 6.87. The lowest BCUT2D eigenvalue weighted by Gasteiger charge is -2.32. The molecule has 1 fully saturated rings. The number of guanidine groups is 1. The van der Waals surface area contributed by atoms with E-state index in [9.17, 15) is 0 Å². The maximum atomic E-state index is 4.35. The van der Waals surface area contributed by atoms with Gasteiger partial charge in [-0.3, -0.25) is 9.89 Å². The molecule has 3 rings (SSSR count). The lowest BCUT2D eigenvalue weighted by Crippen LogP contribution is -2.43. The highest BCUT2D eigenvalue weighted by molar-refractivity contribution is 14.0. The molecule has 2 aromatic rings. The summed E-state index contributed by atoms with van der Waals surface area (Å²) in [7, 11) is 4.01. The molecule has 29 heavy (non-hydrogen) atoms. The first-order chi connectivity index (χ1) is 13.6. The summed E-state index contributed by atoms with van der Waals surface area (Å²) in [5.74, 6) is 0.817. The Morgan fingerprint density at radius 2 is 1.59 bits per heavy atom. The van der Waals surface area contributed by atoms with E-state index >= 15 is 0 Å². The molecule has 0 radical (unpaired) electrons. The minimum absolute atomic E-state index is 0. The van der Waals surface area contributed by atoms with Crippen molar-refractivity contribution in [1.29, 1.82) is 0 Å². The zero-order valence-corrected chi connectivity index (χ0v) is 20.1. The zero-order valence-electron chi connectivity index (χ0n) is 17.8. The highest BCUT2D eigenvalue weighted by Gasteiger charge is 2.13. The van der Waals surface area contributed by atoms with E-state index < -0.39 is 0 Å². The predicted molar refractivity (Wildman–Crippen MR) is 133 cm³/mol. The highest BCUT2D eigenvalue weighted by Crippen LogP contribution is 2.12. The van der Waals surface area contributed by atoms with Crippen molar-refractivity contribution >= 4 is 29.9 Å². The van der Waals surface area contributed by atoms with E-state index in [1.165, 1.54) is 16.7 Å². The fourth-order valence-electron chi connectivity index (χ4n) is 3.44. The van der Waals surface area contributed by atoms with Crippen molar-refractivity contribution in [2.75, 3.05) is 40.3 Å². The fraction of sp³-hybridized carbons (Fsp3) is 0.435. The molecule has 0 aliphatic carbocycles. The summed E-state index contributed by atoms with van der Waals surface area (Å²) < 4.78 is 0. The van der Waals surface area contributed by atoms with Crippen LogP contribution >= 0.6 is 24.0 Å². The molecule has 2 N–H and O–H groups in total. The second-order valence-electron chi connectivity index (χ2n) is 7.60. The number of benzene rings is 2. The summed E-state index contributed by atoms with van der Waals surface area (Å²) in [6, 6.07) is 19.6. The lowest BCUT2D eigenvalue weighted by atomic mass is 10.1. The van der Waals surface area contributed by atoms with Crippen LogP contribution in [0.1, 0.15) is 29.7 Å². The van der Waals surface area contributed by atoms with Crippen LogP contribution in [0, 0.1) is 0 Å². The fourth-order valence-corrected chi connectivity index (χ4v) is 3.44. The van der Waals surface area contributed by atoms with Gasteiger partial charge in [-0.15, -0.1) is 24.0 Å². The number of halogens is 1. The normalized spacial score (nSPS) is 16.7. The molecule has 1 unspecified atom stereocenters. The van der Waals surface area contributed by atoms with Crippen LogP contribution in [-0.4, -0.2) is 56.0 Å². The second-order valence-corrected chi connectivity index (χ2v) is 7.60. The average Bonchev–Trinajstić information content (AvgIpc) is 2.74. The van der Waals surface area contributed by atoms with E-state index in [0.717, 1.165) is 45.2 Å². The maximum Gasteiger partial charge on any atom is 0.191 e. The number of likely N-dealkylation sites (N-methyl/N-ethyl adjacent to an activating group) is 1. The van der Waals surface area contributed by atoms with Gasteiger partial charge < -0.3 is 15.5 Å². The molecule has 6 heteroatoms. The van der Waals surface area contributed by atoms with Crippen LogP contribution in [0.2, 0.25) is 0 Å². The number of rotatable bonds is 6. The molecule has 1 heterocycles. The monoisotopic (exact) mass is 507 g/mol. The Bertz CT molecular complexity index is 740. The molecule has 1 aliphatic rings. The smallest absolute Gasteiger partial charge is 0.191 e. The quantitative estimate of drug-likeness (QED) is 0.357. The van der Waals surface area contributed by atoms with Crippen molar-refractivity contribution in [3.8, 4) is 0 Å². The third-order valence-electron chi connectivity index (χ3n) is 5.36. The Morgan fingerprint density at radius 1 is 0.966 bits per heavy atom. The van der Waals surface area contributed by atoms with Crippen molar-refractivity contribution in [2.45, 2.75) is 26.1 Å². The Labute approximate surface area is 192 Å². The number of nitrogens with zero attached hydrogens (tertiary/aromatic N) is 3. The molecule has 0 spiro atoms.